The first kappa shape index (κ1) is 18.2. The second-order valence-corrected chi connectivity index (χ2v) is 6.92. The Morgan fingerprint density at radius 1 is 1.35 bits per heavy atom. The fourth-order valence-corrected chi connectivity index (χ4v) is 3.82. The van der Waals surface area contributed by atoms with Gasteiger partial charge in [0.05, 0.1) is 12.3 Å². The Kier molecular flexibility index (Phi) is 5.15. The van der Waals surface area contributed by atoms with Gasteiger partial charge in [-0.15, -0.1) is 0 Å². The lowest BCUT2D eigenvalue weighted by atomic mass is 9.73. The van der Waals surface area contributed by atoms with E-state index in [9.17, 15) is 14.4 Å². The molecule has 2 fully saturated rings. The zero-order chi connectivity index (χ0) is 18.7. The number of nitrogens with one attached hydrogen (secondary N) is 2. The molecule has 0 unspecified atom stereocenters. The highest BCUT2D eigenvalue weighted by atomic mass is 16.5. The van der Waals surface area contributed by atoms with Crippen molar-refractivity contribution in [2.75, 3.05) is 18.5 Å². The van der Waals surface area contributed by atoms with Gasteiger partial charge in [-0.05, 0) is 37.8 Å². The van der Waals surface area contributed by atoms with Crippen LogP contribution in [0.1, 0.15) is 39.5 Å². The summed E-state index contributed by atoms with van der Waals surface area (Å²) >= 11 is 0. The number of benzene rings is 1. The maximum absolute atomic E-state index is 12.9. The lowest BCUT2D eigenvalue weighted by Crippen LogP contribution is -2.54. The molecule has 7 heteroatoms. The van der Waals surface area contributed by atoms with Crippen LogP contribution in [0.2, 0.25) is 0 Å². The summed E-state index contributed by atoms with van der Waals surface area (Å²) in [7, 11) is 0. The zero-order valence-electron chi connectivity index (χ0n) is 15.2. The molecule has 1 aliphatic heterocycles. The number of imide groups is 1. The first-order valence-electron chi connectivity index (χ1n) is 9.13. The number of nitrogens with zero attached hydrogens (tertiary/aromatic N) is 1. The van der Waals surface area contributed by atoms with Crippen molar-refractivity contribution in [1.29, 1.82) is 0 Å². The van der Waals surface area contributed by atoms with Gasteiger partial charge in [0.1, 0.15) is 17.8 Å². The number of carbonyl (C=O) groups is 3. The molecular weight excluding hydrogens is 334 g/mol. The first-order valence-corrected chi connectivity index (χ1v) is 9.13. The fraction of sp³-hybridized carbons (Fsp3) is 0.526. The summed E-state index contributed by atoms with van der Waals surface area (Å²) in [5.74, 6) is -0.0959. The summed E-state index contributed by atoms with van der Waals surface area (Å²) in [6, 6.07) is 6.58. The number of hydrogen-bond acceptors (Lipinski definition) is 4. The standard InChI is InChI=1S/C19H25N3O4/c1-3-26-15-10-5-4-9-14(15)20-16(23)12-22-17(24)19(21-18(22)25)11-7-6-8-13(19)2/h4-5,9-10,13H,3,6-8,11-12H2,1-2H3,(H,20,23)(H,21,25)/t13-,19-/m0/s1. The van der Waals surface area contributed by atoms with E-state index in [2.05, 4.69) is 10.6 Å². The maximum Gasteiger partial charge on any atom is 0.325 e. The van der Waals surface area contributed by atoms with Crippen LogP contribution in [-0.4, -0.2) is 41.4 Å². The minimum atomic E-state index is -0.848. The molecule has 0 bridgehead atoms. The number of amides is 4. The van der Waals surface area contributed by atoms with E-state index in [4.69, 9.17) is 4.74 Å². The minimum Gasteiger partial charge on any atom is -0.492 e. The van der Waals surface area contributed by atoms with Crippen LogP contribution >= 0.6 is 0 Å². The van der Waals surface area contributed by atoms with Gasteiger partial charge in [-0.1, -0.05) is 31.9 Å². The van der Waals surface area contributed by atoms with Gasteiger partial charge < -0.3 is 15.4 Å². The molecule has 1 aromatic carbocycles. The zero-order valence-corrected chi connectivity index (χ0v) is 15.2. The van der Waals surface area contributed by atoms with Crippen LogP contribution in [0.15, 0.2) is 24.3 Å². The van der Waals surface area contributed by atoms with E-state index >= 15 is 0 Å². The number of ether oxygens (including phenoxy) is 1. The van der Waals surface area contributed by atoms with Crippen molar-refractivity contribution in [3.05, 3.63) is 24.3 Å². The SMILES string of the molecule is CCOc1ccccc1NC(=O)CN1C(=O)N[C@]2(CCCC[C@@H]2C)C1=O. The Hall–Kier alpha value is -2.57. The molecule has 26 heavy (non-hydrogen) atoms. The second-order valence-electron chi connectivity index (χ2n) is 6.92. The van der Waals surface area contributed by atoms with Crippen molar-refractivity contribution in [2.45, 2.75) is 45.1 Å². The number of carbonyl (C=O) groups excluding carboxylic acids is 3. The first-order chi connectivity index (χ1) is 12.5. The molecule has 1 saturated carbocycles. The number of urea groups is 1. The summed E-state index contributed by atoms with van der Waals surface area (Å²) < 4.78 is 5.48. The number of para-hydroxylation sites is 2. The van der Waals surface area contributed by atoms with E-state index in [-0.39, 0.29) is 18.4 Å². The predicted octanol–water partition coefficient (Wildman–Crippen LogP) is 2.52. The van der Waals surface area contributed by atoms with E-state index in [0.717, 1.165) is 24.2 Å². The van der Waals surface area contributed by atoms with Gasteiger partial charge in [-0.2, -0.15) is 0 Å². The van der Waals surface area contributed by atoms with Crippen LogP contribution in [0.25, 0.3) is 0 Å². The van der Waals surface area contributed by atoms with Gasteiger partial charge in [0, 0.05) is 0 Å². The number of hydrogen-bond donors (Lipinski definition) is 2. The molecule has 0 radical (unpaired) electrons. The summed E-state index contributed by atoms with van der Waals surface area (Å²) in [6.45, 7) is 4.01. The van der Waals surface area contributed by atoms with E-state index in [1.807, 2.05) is 19.9 Å². The van der Waals surface area contributed by atoms with Crippen LogP contribution < -0.4 is 15.4 Å². The Morgan fingerprint density at radius 3 is 2.85 bits per heavy atom. The highest BCUT2D eigenvalue weighted by Crippen LogP contribution is 2.38. The lowest BCUT2D eigenvalue weighted by molar-refractivity contribution is -0.136. The summed E-state index contributed by atoms with van der Waals surface area (Å²) in [6.07, 6.45) is 3.48. The molecule has 1 spiro atoms. The average Bonchev–Trinajstić information content (AvgIpc) is 2.85. The molecule has 1 saturated heterocycles. The molecule has 1 aromatic rings. The lowest BCUT2D eigenvalue weighted by Gasteiger charge is -2.36. The van der Waals surface area contributed by atoms with Gasteiger partial charge in [0.2, 0.25) is 5.91 Å². The van der Waals surface area contributed by atoms with Crippen molar-refractivity contribution in [2.24, 2.45) is 5.92 Å². The van der Waals surface area contributed by atoms with Gasteiger partial charge in [-0.25, -0.2) is 4.79 Å². The third-order valence-electron chi connectivity index (χ3n) is 5.26. The number of rotatable bonds is 5. The Bertz CT molecular complexity index is 720. The van der Waals surface area contributed by atoms with Crippen LogP contribution in [-0.2, 0) is 9.59 Å². The van der Waals surface area contributed by atoms with Gasteiger partial charge >= 0.3 is 6.03 Å². The third-order valence-corrected chi connectivity index (χ3v) is 5.26. The quantitative estimate of drug-likeness (QED) is 0.791. The third kappa shape index (κ3) is 3.25. The van der Waals surface area contributed by atoms with Crippen molar-refractivity contribution < 1.29 is 19.1 Å². The van der Waals surface area contributed by atoms with E-state index in [1.54, 1.807) is 18.2 Å². The minimum absolute atomic E-state index is 0.0689. The fourth-order valence-electron chi connectivity index (χ4n) is 3.82. The van der Waals surface area contributed by atoms with E-state index in [0.29, 0.717) is 24.5 Å². The monoisotopic (exact) mass is 359 g/mol. The maximum atomic E-state index is 12.9. The van der Waals surface area contributed by atoms with Crippen LogP contribution in [0.4, 0.5) is 10.5 Å². The van der Waals surface area contributed by atoms with E-state index in [1.165, 1.54) is 0 Å². The normalized spacial score (nSPS) is 25.3. The Morgan fingerprint density at radius 2 is 2.12 bits per heavy atom. The largest absolute Gasteiger partial charge is 0.492 e. The highest BCUT2D eigenvalue weighted by Gasteiger charge is 2.55. The van der Waals surface area contributed by atoms with Crippen LogP contribution in [0.3, 0.4) is 0 Å². The van der Waals surface area contributed by atoms with Crippen molar-refractivity contribution in [3.8, 4) is 5.75 Å². The molecular formula is C19H25N3O4. The second kappa shape index (κ2) is 7.35. The average molecular weight is 359 g/mol. The van der Waals surface area contributed by atoms with Crippen molar-refractivity contribution in [1.82, 2.24) is 10.2 Å². The molecule has 3 rings (SSSR count). The molecule has 7 nitrogen and oxygen atoms in total. The van der Waals surface area contributed by atoms with Crippen LogP contribution in [0, 0.1) is 5.92 Å². The molecule has 140 valence electrons. The summed E-state index contributed by atoms with van der Waals surface area (Å²) in [5.41, 5.74) is -0.328. The molecule has 4 amide bonds. The smallest absolute Gasteiger partial charge is 0.325 e. The number of anilines is 1. The van der Waals surface area contributed by atoms with Gasteiger partial charge in [0.25, 0.3) is 5.91 Å². The summed E-state index contributed by atoms with van der Waals surface area (Å²) in [5, 5.41) is 5.58. The molecule has 2 aliphatic rings. The highest BCUT2D eigenvalue weighted by molar-refractivity contribution is 6.10. The van der Waals surface area contributed by atoms with Crippen molar-refractivity contribution in [3.63, 3.8) is 0 Å². The predicted molar refractivity (Wildman–Crippen MR) is 96.8 cm³/mol. The molecule has 2 N–H and O–H groups in total. The molecule has 1 aliphatic carbocycles. The van der Waals surface area contributed by atoms with Crippen LogP contribution in [0.5, 0.6) is 5.75 Å². The molecule has 1 heterocycles. The molecule has 2 atom stereocenters. The van der Waals surface area contributed by atoms with Gasteiger partial charge in [-0.3, -0.25) is 14.5 Å². The Balaban J connectivity index is 1.70. The van der Waals surface area contributed by atoms with E-state index < -0.39 is 17.5 Å². The Labute approximate surface area is 153 Å². The van der Waals surface area contributed by atoms with Crippen molar-refractivity contribution >= 4 is 23.5 Å². The molecule has 0 aromatic heterocycles. The topological polar surface area (TPSA) is 87.7 Å². The van der Waals surface area contributed by atoms with Gasteiger partial charge in [0.15, 0.2) is 0 Å². The summed E-state index contributed by atoms with van der Waals surface area (Å²) in [4.78, 5) is 38.7.